The number of methoxy groups -OCH3 is 1. The predicted octanol–water partition coefficient (Wildman–Crippen LogP) is 2.17. The maximum atomic E-state index is 11.0. The first-order valence-corrected chi connectivity index (χ1v) is 5.46. The first-order valence-electron chi connectivity index (χ1n) is 4.68. The Morgan fingerprint density at radius 3 is 3.00 bits per heavy atom. The molecule has 0 saturated heterocycles. The molecule has 1 N–H and O–H groups in total. The van der Waals surface area contributed by atoms with Crippen LogP contribution in [-0.2, 0) is 4.79 Å². The zero-order valence-electron chi connectivity index (χ0n) is 8.32. The molecule has 1 aliphatic rings. The van der Waals surface area contributed by atoms with Crippen LogP contribution in [0, 0.1) is 0 Å². The fourth-order valence-corrected chi connectivity index (χ4v) is 2.55. The molecule has 1 aromatic rings. The topological polar surface area (TPSA) is 59.4 Å². The molecule has 1 aliphatic carbocycles. The smallest absolute Gasteiger partial charge is 0.331 e. The third-order valence-electron chi connectivity index (χ3n) is 2.47. The number of hydrogen-bond acceptors (Lipinski definition) is 4. The molecule has 0 spiro atoms. The number of carboxylic acid groups (broad SMARTS) is 1. The third kappa shape index (κ3) is 1.87. The molecule has 1 aromatic heterocycles. The summed E-state index contributed by atoms with van der Waals surface area (Å²) in [7, 11) is 1.56. The van der Waals surface area contributed by atoms with Crippen LogP contribution in [0.25, 0.3) is 5.57 Å². The zero-order valence-corrected chi connectivity index (χ0v) is 9.13. The minimum Gasteiger partial charge on any atom is -0.480 e. The second kappa shape index (κ2) is 4.02. The van der Waals surface area contributed by atoms with Crippen molar-refractivity contribution in [3.05, 3.63) is 16.5 Å². The van der Waals surface area contributed by atoms with Gasteiger partial charge in [0.05, 0.1) is 12.0 Å². The van der Waals surface area contributed by atoms with Gasteiger partial charge in [-0.25, -0.2) is 4.79 Å². The summed E-state index contributed by atoms with van der Waals surface area (Å²) in [4.78, 5) is 11.9. The van der Waals surface area contributed by atoms with Gasteiger partial charge in [0, 0.05) is 11.6 Å². The van der Waals surface area contributed by atoms with E-state index in [9.17, 15) is 4.79 Å². The third-order valence-corrected chi connectivity index (χ3v) is 3.30. The van der Waals surface area contributed by atoms with Gasteiger partial charge in [-0.1, -0.05) is 0 Å². The van der Waals surface area contributed by atoms with Crippen molar-refractivity contribution in [2.75, 3.05) is 7.11 Å². The number of nitrogens with zero attached hydrogens (tertiary/aromatic N) is 1. The fraction of sp³-hybridized carbons (Fsp3) is 0.400. The van der Waals surface area contributed by atoms with Crippen LogP contribution in [0.3, 0.4) is 0 Å². The van der Waals surface area contributed by atoms with E-state index in [0.29, 0.717) is 17.9 Å². The second-order valence-corrected chi connectivity index (χ2v) is 4.15. The molecule has 80 valence electrons. The van der Waals surface area contributed by atoms with Crippen molar-refractivity contribution < 1.29 is 14.6 Å². The standard InChI is InChI=1S/C10H11NO3S/c1-14-9-5-8(15-11-9)6-3-2-4-7(6)10(12)13/h5H,2-4H2,1H3,(H,12,13). The van der Waals surface area contributed by atoms with Gasteiger partial charge in [-0.2, -0.15) is 4.37 Å². The first kappa shape index (κ1) is 10.2. The van der Waals surface area contributed by atoms with Crippen molar-refractivity contribution in [2.45, 2.75) is 19.3 Å². The van der Waals surface area contributed by atoms with Gasteiger partial charge in [-0.3, -0.25) is 0 Å². The van der Waals surface area contributed by atoms with Crippen LogP contribution >= 0.6 is 11.5 Å². The molecule has 4 nitrogen and oxygen atoms in total. The Kier molecular flexibility index (Phi) is 2.73. The highest BCUT2D eigenvalue weighted by molar-refractivity contribution is 7.07. The summed E-state index contributed by atoms with van der Waals surface area (Å²) in [5.41, 5.74) is 1.45. The number of allylic oxidation sites excluding steroid dienone is 1. The quantitative estimate of drug-likeness (QED) is 0.856. The van der Waals surface area contributed by atoms with Crippen molar-refractivity contribution in [1.29, 1.82) is 0 Å². The Morgan fingerprint density at radius 1 is 1.60 bits per heavy atom. The molecule has 0 saturated carbocycles. The highest BCUT2D eigenvalue weighted by atomic mass is 32.1. The minimum absolute atomic E-state index is 0.529. The maximum absolute atomic E-state index is 11.0. The average Bonchev–Trinajstić information content (AvgIpc) is 2.85. The maximum Gasteiger partial charge on any atom is 0.331 e. The van der Waals surface area contributed by atoms with Crippen molar-refractivity contribution >= 4 is 23.1 Å². The summed E-state index contributed by atoms with van der Waals surface area (Å²) < 4.78 is 9.04. The summed E-state index contributed by atoms with van der Waals surface area (Å²) in [5.74, 6) is -0.256. The van der Waals surface area contributed by atoms with Gasteiger partial charge in [0.2, 0.25) is 5.88 Å². The Hall–Kier alpha value is -1.36. The number of aliphatic carboxylic acids is 1. The summed E-state index contributed by atoms with van der Waals surface area (Å²) in [5, 5.41) is 9.00. The highest BCUT2D eigenvalue weighted by Crippen LogP contribution is 2.37. The molecule has 0 unspecified atom stereocenters. The first-order chi connectivity index (χ1) is 7.22. The number of hydrogen-bond donors (Lipinski definition) is 1. The Morgan fingerprint density at radius 2 is 2.40 bits per heavy atom. The van der Waals surface area contributed by atoms with Crippen molar-refractivity contribution in [1.82, 2.24) is 4.37 Å². The van der Waals surface area contributed by atoms with E-state index in [-0.39, 0.29) is 0 Å². The Labute approximate surface area is 91.4 Å². The lowest BCUT2D eigenvalue weighted by Gasteiger charge is -1.98. The largest absolute Gasteiger partial charge is 0.480 e. The molecule has 0 fully saturated rings. The summed E-state index contributed by atoms with van der Waals surface area (Å²) in [6.07, 6.45) is 2.40. The molecule has 0 aliphatic heterocycles. The molecule has 0 atom stereocenters. The van der Waals surface area contributed by atoms with E-state index in [0.717, 1.165) is 23.3 Å². The monoisotopic (exact) mass is 225 g/mol. The molecule has 15 heavy (non-hydrogen) atoms. The van der Waals surface area contributed by atoms with E-state index in [4.69, 9.17) is 9.84 Å². The van der Waals surface area contributed by atoms with Crippen molar-refractivity contribution in [3.8, 4) is 5.88 Å². The summed E-state index contributed by atoms with van der Waals surface area (Å²) >= 11 is 1.30. The molecule has 0 amide bonds. The predicted molar refractivity (Wildman–Crippen MR) is 57.1 cm³/mol. The fourth-order valence-electron chi connectivity index (χ4n) is 1.75. The molecule has 2 rings (SSSR count). The molecule has 0 bridgehead atoms. The van der Waals surface area contributed by atoms with E-state index in [2.05, 4.69) is 4.37 Å². The van der Waals surface area contributed by atoms with Crippen LogP contribution in [-0.4, -0.2) is 22.6 Å². The van der Waals surface area contributed by atoms with E-state index < -0.39 is 5.97 Å². The lowest BCUT2D eigenvalue weighted by atomic mass is 10.1. The van der Waals surface area contributed by atoms with Gasteiger partial charge >= 0.3 is 5.97 Å². The number of carboxylic acids is 1. The summed E-state index contributed by atoms with van der Waals surface area (Å²) in [6, 6.07) is 1.80. The van der Waals surface area contributed by atoms with Gasteiger partial charge in [-0.15, -0.1) is 0 Å². The van der Waals surface area contributed by atoms with Gasteiger partial charge in [0.15, 0.2) is 0 Å². The number of rotatable bonds is 3. The van der Waals surface area contributed by atoms with E-state index in [1.807, 2.05) is 0 Å². The van der Waals surface area contributed by atoms with Gasteiger partial charge in [0.25, 0.3) is 0 Å². The average molecular weight is 225 g/mol. The molecule has 0 radical (unpaired) electrons. The van der Waals surface area contributed by atoms with Gasteiger partial charge in [-0.05, 0) is 36.4 Å². The normalized spacial score (nSPS) is 15.8. The Bertz CT molecular complexity index is 422. The van der Waals surface area contributed by atoms with Crippen LogP contribution in [0.1, 0.15) is 24.1 Å². The van der Waals surface area contributed by atoms with Crippen molar-refractivity contribution in [2.24, 2.45) is 0 Å². The summed E-state index contributed by atoms with van der Waals surface area (Å²) in [6.45, 7) is 0. The molecular weight excluding hydrogens is 214 g/mol. The van der Waals surface area contributed by atoms with Crippen LogP contribution < -0.4 is 4.74 Å². The number of carbonyl (C=O) groups is 1. The van der Waals surface area contributed by atoms with Gasteiger partial charge < -0.3 is 9.84 Å². The highest BCUT2D eigenvalue weighted by Gasteiger charge is 2.22. The lowest BCUT2D eigenvalue weighted by molar-refractivity contribution is -0.132. The minimum atomic E-state index is -0.810. The lowest BCUT2D eigenvalue weighted by Crippen LogP contribution is -1.98. The Balaban J connectivity index is 2.36. The second-order valence-electron chi connectivity index (χ2n) is 3.35. The van der Waals surface area contributed by atoms with Crippen LogP contribution in [0.5, 0.6) is 5.88 Å². The molecular formula is C10H11NO3S. The van der Waals surface area contributed by atoms with Crippen molar-refractivity contribution in [3.63, 3.8) is 0 Å². The number of ether oxygens (including phenoxy) is 1. The molecule has 1 heterocycles. The van der Waals surface area contributed by atoms with E-state index >= 15 is 0 Å². The van der Waals surface area contributed by atoms with E-state index in [1.165, 1.54) is 11.5 Å². The van der Waals surface area contributed by atoms with Crippen LogP contribution in [0.15, 0.2) is 11.6 Å². The zero-order chi connectivity index (χ0) is 10.8. The van der Waals surface area contributed by atoms with E-state index in [1.54, 1.807) is 13.2 Å². The van der Waals surface area contributed by atoms with Gasteiger partial charge in [0.1, 0.15) is 0 Å². The number of aromatic nitrogens is 1. The SMILES string of the molecule is COc1cc(C2=C(C(=O)O)CCC2)sn1. The van der Waals surface area contributed by atoms with Crippen LogP contribution in [0.4, 0.5) is 0 Å². The molecule has 5 heteroatoms. The molecule has 0 aromatic carbocycles. The van der Waals surface area contributed by atoms with Crippen LogP contribution in [0.2, 0.25) is 0 Å².